The van der Waals surface area contributed by atoms with Gasteiger partial charge in [0.05, 0.1) is 11.3 Å². The van der Waals surface area contributed by atoms with Crippen molar-refractivity contribution in [2.24, 2.45) is 0 Å². The quantitative estimate of drug-likeness (QED) is 0.878. The summed E-state index contributed by atoms with van der Waals surface area (Å²) in [6, 6.07) is 7.37. The van der Waals surface area contributed by atoms with E-state index >= 15 is 0 Å². The molecule has 6 nitrogen and oxygen atoms in total. The summed E-state index contributed by atoms with van der Waals surface area (Å²) in [5.74, 6) is -0.115. The van der Waals surface area contributed by atoms with Crippen molar-refractivity contribution >= 4 is 5.91 Å². The minimum Gasteiger partial charge on any atom is -0.350 e. The Kier molecular flexibility index (Phi) is 3.66. The lowest BCUT2D eigenvalue weighted by atomic mass is 10.1. The topological polar surface area (TPSA) is 72.7 Å². The minimum absolute atomic E-state index is 0.115. The van der Waals surface area contributed by atoms with Gasteiger partial charge in [-0.2, -0.15) is 4.68 Å². The van der Waals surface area contributed by atoms with Crippen LogP contribution in [-0.4, -0.2) is 32.2 Å². The maximum Gasteiger partial charge on any atom is 0.253 e. The fourth-order valence-electron chi connectivity index (χ4n) is 1.54. The summed E-state index contributed by atoms with van der Waals surface area (Å²) in [6.07, 6.45) is 2.36. The van der Waals surface area contributed by atoms with E-state index in [9.17, 15) is 4.79 Å². The Morgan fingerprint density at radius 2 is 2.22 bits per heavy atom. The average molecular weight is 245 g/mol. The van der Waals surface area contributed by atoms with Gasteiger partial charge in [-0.25, -0.2) is 0 Å². The van der Waals surface area contributed by atoms with Crippen molar-refractivity contribution in [3.63, 3.8) is 0 Å². The summed E-state index contributed by atoms with van der Waals surface area (Å²) in [4.78, 5) is 12.1. The van der Waals surface area contributed by atoms with Gasteiger partial charge in [0.25, 0.3) is 5.91 Å². The van der Waals surface area contributed by atoms with Crippen molar-refractivity contribution in [2.45, 2.75) is 26.3 Å². The van der Waals surface area contributed by atoms with E-state index in [1.54, 1.807) is 6.07 Å². The highest BCUT2D eigenvalue weighted by Crippen LogP contribution is 2.12. The summed E-state index contributed by atoms with van der Waals surface area (Å²) in [6.45, 7) is 4.00. The van der Waals surface area contributed by atoms with Crippen LogP contribution < -0.4 is 5.32 Å². The Morgan fingerprint density at radius 1 is 1.44 bits per heavy atom. The zero-order valence-electron chi connectivity index (χ0n) is 10.4. The van der Waals surface area contributed by atoms with E-state index < -0.39 is 0 Å². The molecule has 1 atom stereocenters. The second-order valence-corrected chi connectivity index (χ2v) is 4.05. The zero-order chi connectivity index (χ0) is 13.0. The van der Waals surface area contributed by atoms with E-state index in [1.807, 2.05) is 32.0 Å². The van der Waals surface area contributed by atoms with Crippen LogP contribution in [-0.2, 0) is 0 Å². The number of nitrogens with zero attached hydrogens (tertiary/aromatic N) is 4. The van der Waals surface area contributed by atoms with Crippen LogP contribution in [0, 0.1) is 0 Å². The summed E-state index contributed by atoms with van der Waals surface area (Å²) in [7, 11) is 0. The molecule has 0 saturated carbocycles. The highest BCUT2D eigenvalue weighted by Gasteiger charge is 2.14. The standard InChI is InChI=1S/C12H15N5O/c1-3-9(2)14-12(18)10-6-4-5-7-11(10)17-8-13-15-16-17/h4-9H,3H2,1-2H3,(H,14,18). The number of nitrogens with one attached hydrogen (secondary N) is 1. The minimum atomic E-state index is -0.115. The molecule has 18 heavy (non-hydrogen) atoms. The fourth-order valence-corrected chi connectivity index (χ4v) is 1.54. The molecular weight excluding hydrogens is 230 g/mol. The summed E-state index contributed by atoms with van der Waals surface area (Å²) < 4.78 is 1.48. The molecule has 0 bridgehead atoms. The second-order valence-electron chi connectivity index (χ2n) is 4.05. The molecule has 1 aromatic heterocycles. The van der Waals surface area contributed by atoms with Gasteiger partial charge in [-0.05, 0) is 35.9 Å². The van der Waals surface area contributed by atoms with Gasteiger partial charge in [-0.3, -0.25) is 4.79 Å². The normalized spacial score (nSPS) is 12.1. The summed E-state index contributed by atoms with van der Waals surface area (Å²) >= 11 is 0. The van der Waals surface area contributed by atoms with Gasteiger partial charge in [0, 0.05) is 6.04 Å². The molecule has 0 spiro atoms. The molecule has 0 radical (unpaired) electrons. The molecular formula is C12H15N5O. The maximum absolute atomic E-state index is 12.1. The molecule has 0 fully saturated rings. The number of hydrogen-bond acceptors (Lipinski definition) is 4. The molecule has 2 aromatic rings. The van der Waals surface area contributed by atoms with Crippen molar-refractivity contribution in [1.82, 2.24) is 25.5 Å². The van der Waals surface area contributed by atoms with Crippen LogP contribution in [0.15, 0.2) is 30.6 Å². The number of benzene rings is 1. The first-order valence-electron chi connectivity index (χ1n) is 5.85. The zero-order valence-corrected chi connectivity index (χ0v) is 10.4. The van der Waals surface area contributed by atoms with Gasteiger partial charge in [-0.1, -0.05) is 19.1 Å². The lowest BCUT2D eigenvalue weighted by Gasteiger charge is -2.13. The van der Waals surface area contributed by atoms with Crippen molar-refractivity contribution < 1.29 is 4.79 Å². The van der Waals surface area contributed by atoms with E-state index in [4.69, 9.17) is 0 Å². The predicted molar refractivity (Wildman–Crippen MR) is 66.4 cm³/mol. The van der Waals surface area contributed by atoms with Gasteiger partial charge < -0.3 is 5.32 Å². The van der Waals surface area contributed by atoms with Crippen LogP contribution in [0.25, 0.3) is 5.69 Å². The molecule has 6 heteroatoms. The SMILES string of the molecule is CCC(C)NC(=O)c1ccccc1-n1cnnn1. The first-order valence-corrected chi connectivity index (χ1v) is 5.85. The van der Waals surface area contributed by atoms with Crippen molar-refractivity contribution in [1.29, 1.82) is 0 Å². The van der Waals surface area contributed by atoms with Gasteiger partial charge in [0.2, 0.25) is 0 Å². The van der Waals surface area contributed by atoms with Gasteiger partial charge in [0.1, 0.15) is 6.33 Å². The second kappa shape index (κ2) is 5.39. The first-order chi connectivity index (χ1) is 8.72. The lowest BCUT2D eigenvalue weighted by Crippen LogP contribution is -2.32. The third kappa shape index (κ3) is 2.53. The lowest BCUT2D eigenvalue weighted by molar-refractivity contribution is 0.0939. The average Bonchev–Trinajstić information content (AvgIpc) is 2.92. The molecule has 0 aliphatic heterocycles. The molecule has 1 amide bonds. The molecule has 1 heterocycles. The molecule has 94 valence electrons. The molecule has 0 aliphatic rings. The highest BCUT2D eigenvalue weighted by molar-refractivity contribution is 5.97. The van der Waals surface area contributed by atoms with Crippen molar-refractivity contribution in [3.8, 4) is 5.69 Å². The van der Waals surface area contributed by atoms with E-state index in [0.717, 1.165) is 6.42 Å². The van der Waals surface area contributed by atoms with Crippen LogP contribution in [0.4, 0.5) is 0 Å². The smallest absolute Gasteiger partial charge is 0.253 e. The number of aromatic nitrogens is 4. The van der Waals surface area contributed by atoms with E-state index in [2.05, 4.69) is 20.8 Å². The molecule has 1 unspecified atom stereocenters. The number of rotatable bonds is 4. The predicted octanol–water partition coefficient (Wildman–Crippen LogP) is 1.19. The molecule has 0 saturated heterocycles. The van der Waals surface area contributed by atoms with Gasteiger partial charge >= 0.3 is 0 Å². The molecule has 0 aliphatic carbocycles. The van der Waals surface area contributed by atoms with E-state index in [-0.39, 0.29) is 11.9 Å². The van der Waals surface area contributed by atoms with Gasteiger partial charge in [0.15, 0.2) is 0 Å². The van der Waals surface area contributed by atoms with Crippen LogP contribution in [0.2, 0.25) is 0 Å². The number of carbonyl (C=O) groups is 1. The molecule has 1 N–H and O–H groups in total. The van der Waals surface area contributed by atoms with Crippen molar-refractivity contribution in [2.75, 3.05) is 0 Å². The third-order valence-corrected chi connectivity index (χ3v) is 2.73. The number of carbonyl (C=O) groups excluding carboxylic acids is 1. The maximum atomic E-state index is 12.1. The van der Waals surface area contributed by atoms with Crippen LogP contribution in [0.1, 0.15) is 30.6 Å². The summed E-state index contributed by atoms with van der Waals surface area (Å²) in [5.41, 5.74) is 1.23. The molecule has 1 aromatic carbocycles. The van der Waals surface area contributed by atoms with E-state index in [1.165, 1.54) is 11.0 Å². The van der Waals surface area contributed by atoms with Gasteiger partial charge in [-0.15, -0.1) is 5.10 Å². The fraction of sp³-hybridized carbons (Fsp3) is 0.333. The first kappa shape index (κ1) is 12.2. The largest absolute Gasteiger partial charge is 0.350 e. The Hall–Kier alpha value is -2.24. The van der Waals surface area contributed by atoms with Crippen LogP contribution in [0.3, 0.4) is 0 Å². The number of tetrazole rings is 1. The number of amides is 1. The van der Waals surface area contributed by atoms with Crippen LogP contribution in [0.5, 0.6) is 0 Å². The Bertz CT molecular complexity index is 523. The highest BCUT2D eigenvalue weighted by atomic mass is 16.1. The molecule has 2 rings (SSSR count). The Morgan fingerprint density at radius 3 is 2.89 bits per heavy atom. The number of hydrogen-bond donors (Lipinski definition) is 1. The monoisotopic (exact) mass is 245 g/mol. The Balaban J connectivity index is 2.31. The van der Waals surface area contributed by atoms with Crippen molar-refractivity contribution in [3.05, 3.63) is 36.2 Å². The number of para-hydroxylation sites is 1. The van der Waals surface area contributed by atoms with Crippen LogP contribution >= 0.6 is 0 Å². The summed E-state index contributed by atoms with van der Waals surface area (Å²) in [5, 5.41) is 13.9. The Labute approximate surface area is 105 Å². The van der Waals surface area contributed by atoms with E-state index in [0.29, 0.717) is 11.3 Å². The third-order valence-electron chi connectivity index (χ3n) is 2.73.